The van der Waals surface area contributed by atoms with Crippen molar-refractivity contribution in [2.45, 2.75) is 30.6 Å². The molecule has 0 saturated carbocycles. The smallest absolute Gasteiger partial charge is 0.243 e. The van der Waals surface area contributed by atoms with Gasteiger partial charge in [-0.2, -0.15) is 4.31 Å². The zero-order chi connectivity index (χ0) is 21.1. The summed E-state index contributed by atoms with van der Waals surface area (Å²) in [5, 5.41) is 2.91. The van der Waals surface area contributed by atoms with E-state index in [4.69, 9.17) is 11.6 Å². The molecule has 2 aliphatic rings. The quantitative estimate of drug-likeness (QED) is 0.710. The highest BCUT2D eigenvalue weighted by atomic mass is 35.5. The maximum atomic E-state index is 13.0. The lowest BCUT2D eigenvalue weighted by molar-refractivity contribution is -0.117. The zero-order valence-corrected chi connectivity index (χ0v) is 18.5. The molecule has 2 fully saturated rings. The summed E-state index contributed by atoms with van der Waals surface area (Å²) in [6.45, 7) is 1.60. The highest BCUT2D eigenvalue weighted by Crippen LogP contribution is 2.28. The van der Waals surface area contributed by atoms with Crippen LogP contribution in [0, 0.1) is 0 Å². The second-order valence-corrected chi connectivity index (χ2v) is 12.1. The summed E-state index contributed by atoms with van der Waals surface area (Å²) >= 11 is 6.17. The number of amides is 1. The largest absolute Gasteiger partial charge is 0.324 e. The summed E-state index contributed by atoms with van der Waals surface area (Å²) < 4.78 is 50.4. The summed E-state index contributed by atoms with van der Waals surface area (Å²) in [7, 11) is -6.67. The molecular formula is C18H26ClN3O5S2. The number of carbonyl (C=O) groups is 1. The fraction of sp³-hybridized carbons (Fsp3) is 0.611. The van der Waals surface area contributed by atoms with Gasteiger partial charge in [0.15, 0.2) is 9.84 Å². The average Bonchev–Trinajstić information content (AvgIpc) is 2.95. The van der Waals surface area contributed by atoms with Crippen molar-refractivity contribution < 1.29 is 21.6 Å². The van der Waals surface area contributed by atoms with Crippen molar-refractivity contribution >= 4 is 43.1 Å². The molecule has 2 heterocycles. The summed E-state index contributed by atoms with van der Waals surface area (Å²) in [4.78, 5) is 14.2. The van der Waals surface area contributed by atoms with Gasteiger partial charge in [-0.15, -0.1) is 0 Å². The van der Waals surface area contributed by atoms with Crippen molar-refractivity contribution in [3.05, 3.63) is 23.2 Å². The maximum Gasteiger partial charge on any atom is 0.243 e. The topological polar surface area (TPSA) is 104 Å². The first-order chi connectivity index (χ1) is 13.7. The van der Waals surface area contributed by atoms with Gasteiger partial charge in [0.2, 0.25) is 15.9 Å². The molecule has 2 aliphatic heterocycles. The molecule has 1 aromatic carbocycles. The number of hydrogen-bond acceptors (Lipinski definition) is 6. The molecule has 1 aromatic rings. The van der Waals surface area contributed by atoms with E-state index in [2.05, 4.69) is 5.32 Å². The monoisotopic (exact) mass is 463 g/mol. The number of sulfone groups is 1. The molecule has 0 aliphatic carbocycles. The number of hydrogen-bond donors (Lipinski definition) is 1. The normalized spacial score (nSPS) is 21.4. The number of benzene rings is 1. The third-order valence-electron chi connectivity index (χ3n) is 5.22. The van der Waals surface area contributed by atoms with Gasteiger partial charge in [-0.05, 0) is 31.0 Å². The van der Waals surface area contributed by atoms with Crippen molar-refractivity contribution in [2.24, 2.45) is 0 Å². The number of nitrogens with zero attached hydrogens (tertiary/aromatic N) is 2. The van der Waals surface area contributed by atoms with Crippen LogP contribution >= 0.6 is 11.6 Å². The van der Waals surface area contributed by atoms with Crippen LogP contribution in [0.3, 0.4) is 0 Å². The molecule has 2 saturated heterocycles. The van der Waals surface area contributed by atoms with Crippen LogP contribution in [0.4, 0.5) is 5.69 Å². The number of carbonyl (C=O) groups excluding carboxylic acids is 1. The van der Waals surface area contributed by atoms with E-state index in [1.165, 1.54) is 22.5 Å². The lowest BCUT2D eigenvalue weighted by Gasteiger charge is -2.25. The van der Waals surface area contributed by atoms with Crippen LogP contribution in [0.15, 0.2) is 23.1 Å². The van der Waals surface area contributed by atoms with Crippen molar-refractivity contribution in [2.75, 3.05) is 49.5 Å². The van der Waals surface area contributed by atoms with Crippen LogP contribution < -0.4 is 5.32 Å². The summed E-state index contributed by atoms with van der Waals surface area (Å²) in [6, 6.07) is 4.31. The molecular weight excluding hydrogens is 438 g/mol. The van der Waals surface area contributed by atoms with E-state index in [-0.39, 0.29) is 39.6 Å². The summed E-state index contributed by atoms with van der Waals surface area (Å²) in [6.07, 6.45) is 3.71. The van der Waals surface area contributed by atoms with E-state index in [1.807, 2.05) is 0 Å². The second-order valence-electron chi connectivity index (χ2n) is 7.44. The standard InChI is InChI=1S/C18H26ClN3O5S2/c19-16-6-5-15(29(26,27)22-7-3-1-2-4-8-22)13-17(16)20-18(23)14-21-9-11-28(24,25)12-10-21/h5-6,13H,1-4,7-12,14H2,(H,20,23). The van der Waals surface area contributed by atoms with Gasteiger partial charge in [0, 0.05) is 26.2 Å². The minimum absolute atomic E-state index is 0.0228. The molecule has 0 bridgehead atoms. The second kappa shape index (κ2) is 9.30. The minimum atomic E-state index is -3.65. The van der Waals surface area contributed by atoms with E-state index < -0.39 is 19.9 Å². The Morgan fingerprint density at radius 1 is 1.03 bits per heavy atom. The summed E-state index contributed by atoms with van der Waals surface area (Å²) in [5.41, 5.74) is 0.234. The molecule has 1 amide bonds. The molecule has 0 spiro atoms. The molecule has 162 valence electrons. The lowest BCUT2D eigenvalue weighted by Crippen LogP contribution is -2.43. The van der Waals surface area contributed by atoms with Crippen LogP contribution in [-0.4, -0.2) is 76.2 Å². The molecule has 11 heteroatoms. The van der Waals surface area contributed by atoms with Crippen molar-refractivity contribution in [1.82, 2.24) is 9.21 Å². The lowest BCUT2D eigenvalue weighted by atomic mass is 10.2. The zero-order valence-electron chi connectivity index (χ0n) is 16.1. The molecule has 0 radical (unpaired) electrons. The van der Waals surface area contributed by atoms with E-state index in [0.29, 0.717) is 26.2 Å². The predicted octanol–water partition coefficient (Wildman–Crippen LogP) is 1.57. The Morgan fingerprint density at radius 3 is 2.28 bits per heavy atom. The molecule has 0 unspecified atom stereocenters. The van der Waals surface area contributed by atoms with Crippen LogP contribution in [0.25, 0.3) is 0 Å². The van der Waals surface area contributed by atoms with Gasteiger partial charge in [-0.1, -0.05) is 24.4 Å². The number of sulfonamides is 1. The van der Waals surface area contributed by atoms with Gasteiger partial charge in [-0.25, -0.2) is 16.8 Å². The van der Waals surface area contributed by atoms with Crippen LogP contribution in [-0.2, 0) is 24.7 Å². The van der Waals surface area contributed by atoms with Gasteiger partial charge in [0.25, 0.3) is 0 Å². The van der Waals surface area contributed by atoms with Crippen LogP contribution in [0.5, 0.6) is 0 Å². The third kappa shape index (κ3) is 5.91. The molecule has 1 N–H and O–H groups in total. The Bertz CT molecular complexity index is 944. The van der Waals surface area contributed by atoms with Crippen molar-refractivity contribution in [1.29, 1.82) is 0 Å². The van der Waals surface area contributed by atoms with Crippen molar-refractivity contribution in [3.8, 4) is 0 Å². The van der Waals surface area contributed by atoms with Gasteiger partial charge in [0.1, 0.15) is 0 Å². The number of anilines is 1. The first kappa shape index (κ1) is 22.5. The molecule has 0 aromatic heterocycles. The number of nitrogens with one attached hydrogen (secondary N) is 1. The predicted molar refractivity (Wildman–Crippen MR) is 112 cm³/mol. The van der Waals surface area contributed by atoms with E-state index in [0.717, 1.165) is 25.7 Å². The molecule has 8 nitrogen and oxygen atoms in total. The molecule has 3 rings (SSSR count). The highest BCUT2D eigenvalue weighted by Gasteiger charge is 2.27. The average molecular weight is 464 g/mol. The minimum Gasteiger partial charge on any atom is -0.324 e. The maximum absolute atomic E-state index is 13.0. The Balaban J connectivity index is 1.69. The Labute approximate surface area is 177 Å². The Kier molecular flexibility index (Phi) is 7.21. The molecule has 0 atom stereocenters. The van der Waals surface area contributed by atoms with Crippen LogP contribution in [0.2, 0.25) is 5.02 Å². The van der Waals surface area contributed by atoms with E-state index >= 15 is 0 Å². The van der Waals surface area contributed by atoms with Gasteiger partial charge in [0.05, 0.1) is 33.7 Å². The first-order valence-electron chi connectivity index (χ1n) is 9.70. The van der Waals surface area contributed by atoms with Gasteiger partial charge < -0.3 is 5.32 Å². The Hall–Kier alpha value is -1.20. The van der Waals surface area contributed by atoms with Gasteiger partial charge in [-0.3, -0.25) is 9.69 Å². The third-order valence-corrected chi connectivity index (χ3v) is 9.05. The van der Waals surface area contributed by atoms with E-state index in [1.54, 1.807) is 4.90 Å². The van der Waals surface area contributed by atoms with Gasteiger partial charge >= 0.3 is 0 Å². The van der Waals surface area contributed by atoms with Crippen LogP contribution in [0.1, 0.15) is 25.7 Å². The Morgan fingerprint density at radius 2 is 1.66 bits per heavy atom. The fourth-order valence-electron chi connectivity index (χ4n) is 3.49. The molecule has 29 heavy (non-hydrogen) atoms. The van der Waals surface area contributed by atoms with E-state index in [9.17, 15) is 21.6 Å². The number of rotatable bonds is 5. The van der Waals surface area contributed by atoms with Crippen molar-refractivity contribution in [3.63, 3.8) is 0 Å². The SMILES string of the molecule is O=C(CN1CCS(=O)(=O)CC1)Nc1cc(S(=O)(=O)N2CCCCCC2)ccc1Cl. The summed E-state index contributed by atoms with van der Waals surface area (Å²) in [5.74, 6) is -0.301. The fourth-order valence-corrected chi connectivity index (χ4v) is 6.48. The highest BCUT2D eigenvalue weighted by molar-refractivity contribution is 7.91. The first-order valence-corrected chi connectivity index (χ1v) is 13.3. The number of halogens is 1.